The van der Waals surface area contributed by atoms with E-state index in [2.05, 4.69) is 9.97 Å². The number of hydrogen-bond donors (Lipinski definition) is 1. The number of aromatic nitrogens is 2. The van der Waals surface area contributed by atoms with Crippen LogP contribution in [0.2, 0.25) is 0 Å². The van der Waals surface area contributed by atoms with Gasteiger partial charge in [0.15, 0.2) is 0 Å². The third-order valence-corrected chi connectivity index (χ3v) is 2.33. The molecule has 0 amide bonds. The van der Waals surface area contributed by atoms with Gasteiger partial charge in [-0.1, -0.05) is 0 Å². The molecule has 0 radical (unpaired) electrons. The maximum atomic E-state index is 11.5. The molecule has 0 aliphatic carbocycles. The average molecular weight is 229 g/mol. The summed E-state index contributed by atoms with van der Waals surface area (Å²) in [5, 5.41) is -0.371. The molecule has 0 aliphatic heterocycles. The number of carbonyl (C=O) groups is 1. The molecule has 0 saturated heterocycles. The molecule has 1 N–H and O–H groups in total. The van der Waals surface area contributed by atoms with E-state index >= 15 is 0 Å². The topological polar surface area (TPSA) is 62.8 Å². The maximum absolute atomic E-state index is 11.5. The fourth-order valence-corrected chi connectivity index (χ4v) is 1.58. The minimum absolute atomic E-state index is 0.123. The van der Waals surface area contributed by atoms with Crippen LogP contribution in [0.1, 0.15) is 29.9 Å². The van der Waals surface area contributed by atoms with Crippen LogP contribution in [0.5, 0.6) is 0 Å². The summed E-state index contributed by atoms with van der Waals surface area (Å²) in [6.45, 7) is 3.53. The molecule has 0 aliphatic rings. The van der Waals surface area contributed by atoms with Crippen LogP contribution in [0.15, 0.2) is 4.79 Å². The van der Waals surface area contributed by atoms with Gasteiger partial charge in [-0.05, 0) is 38.3 Å². The van der Waals surface area contributed by atoms with Crippen molar-refractivity contribution in [2.24, 2.45) is 0 Å². The Kier molecular flexibility index (Phi) is 4.03. The molecule has 0 spiro atoms. The number of nitrogens with zero attached hydrogens (tertiary/aromatic N) is 1. The van der Waals surface area contributed by atoms with Crippen LogP contribution < -0.4 is 5.56 Å². The standard InChI is InChI=1S/C10H13ClN2O2/c1-6-8(4-3-5-9(11)14)10(15)13-7(2)12-6/h3-5H2,1-2H3,(H,12,13,15). The Bertz CT molecular complexity index is 426. The van der Waals surface area contributed by atoms with Gasteiger partial charge in [0.1, 0.15) is 5.82 Å². The van der Waals surface area contributed by atoms with Crippen molar-refractivity contribution >= 4 is 16.8 Å². The lowest BCUT2D eigenvalue weighted by Crippen LogP contribution is -2.17. The van der Waals surface area contributed by atoms with E-state index in [0.717, 1.165) is 5.69 Å². The molecule has 1 rings (SSSR count). The number of halogens is 1. The highest BCUT2D eigenvalue weighted by Crippen LogP contribution is 2.05. The summed E-state index contributed by atoms with van der Waals surface area (Å²) in [5.74, 6) is 0.606. The summed E-state index contributed by atoms with van der Waals surface area (Å²) < 4.78 is 0. The molecule has 1 aromatic rings. The Morgan fingerprint density at radius 3 is 2.67 bits per heavy atom. The van der Waals surface area contributed by atoms with Crippen LogP contribution in [0.4, 0.5) is 0 Å². The quantitative estimate of drug-likeness (QED) is 0.794. The van der Waals surface area contributed by atoms with Crippen molar-refractivity contribution in [3.05, 3.63) is 27.4 Å². The Hall–Kier alpha value is -1.16. The third kappa shape index (κ3) is 3.47. The summed E-state index contributed by atoms with van der Waals surface area (Å²) in [6, 6.07) is 0. The van der Waals surface area contributed by atoms with Crippen LogP contribution in [-0.2, 0) is 11.2 Å². The Balaban J connectivity index is 2.77. The molecular formula is C10H13ClN2O2. The molecule has 0 bridgehead atoms. The first-order valence-corrected chi connectivity index (χ1v) is 5.13. The molecule has 0 aromatic carbocycles. The highest BCUT2D eigenvalue weighted by Gasteiger charge is 2.06. The maximum Gasteiger partial charge on any atom is 0.254 e. The second kappa shape index (κ2) is 5.07. The van der Waals surface area contributed by atoms with E-state index in [0.29, 0.717) is 24.2 Å². The zero-order valence-corrected chi connectivity index (χ0v) is 9.52. The predicted octanol–water partition coefficient (Wildman–Crippen LogP) is 1.47. The third-order valence-electron chi connectivity index (χ3n) is 2.14. The molecule has 1 aromatic heterocycles. The van der Waals surface area contributed by atoms with Gasteiger partial charge in [0.2, 0.25) is 5.24 Å². The van der Waals surface area contributed by atoms with Gasteiger partial charge in [-0.3, -0.25) is 9.59 Å². The van der Waals surface area contributed by atoms with Crippen molar-refractivity contribution in [2.75, 3.05) is 0 Å². The van der Waals surface area contributed by atoms with E-state index in [-0.39, 0.29) is 17.2 Å². The van der Waals surface area contributed by atoms with Crippen molar-refractivity contribution in [1.82, 2.24) is 9.97 Å². The minimum Gasteiger partial charge on any atom is -0.311 e. The van der Waals surface area contributed by atoms with Gasteiger partial charge in [-0.15, -0.1) is 0 Å². The number of aryl methyl sites for hydroxylation is 2. The lowest BCUT2D eigenvalue weighted by atomic mass is 10.1. The number of nitrogens with one attached hydrogen (secondary N) is 1. The van der Waals surface area contributed by atoms with Gasteiger partial charge in [0, 0.05) is 17.7 Å². The van der Waals surface area contributed by atoms with Gasteiger partial charge in [-0.25, -0.2) is 4.98 Å². The van der Waals surface area contributed by atoms with Crippen molar-refractivity contribution in [1.29, 1.82) is 0 Å². The monoisotopic (exact) mass is 228 g/mol. The predicted molar refractivity (Wildman–Crippen MR) is 58.1 cm³/mol. The first-order valence-electron chi connectivity index (χ1n) is 4.75. The first kappa shape index (κ1) is 11.9. The lowest BCUT2D eigenvalue weighted by Gasteiger charge is -2.03. The van der Waals surface area contributed by atoms with Crippen molar-refractivity contribution < 1.29 is 4.79 Å². The molecule has 82 valence electrons. The molecule has 1 heterocycles. The molecule has 0 atom stereocenters. The van der Waals surface area contributed by atoms with Gasteiger partial charge >= 0.3 is 0 Å². The van der Waals surface area contributed by atoms with Crippen molar-refractivity contribution in [2.45, 2.75) is 33.1 Å². The average Bonchev–Trinajstić information content (AvgIpc) is 2.08. The molecule has 5 heteroatoms. The fourth-order valence-electron chi connectivity index (χ4n) is 1.45. The van der Waals surface area contributed by atoms with Crippen molar-refractivity contribution in [3.8, 4) is 0 Å². The second-order valence-corrected chi connectivity index (χ2v) is 3.85. The van der Waals surface area contributed by atoms with Crippen LogP contribution in [-0.4, -0.2) is 15.2 Å². The number of rotatable bonds is 4. The van der Waals surface area contributed by atoms with E-state index in [1.54, 1.807) is 13.8 Å². The van der Waals surface area contributed by atoms with E-state index in [1.165, 1.54) is 0 Å². The van der Waals surface area contributed by atoms with Crippen LogP contribution in [0.25, 0.3) is 0 Å². The number of carbonyl (C=O) groups excluding carboxylic acids is 1. The molecule has 4 nitrogen and oxygen atoms in total. The second-order valence-electron chi connectivity index (χ2n) is 3.42. The number of hydrogen-bond acceptors (Lipinski definition) is 3. The van der Waals surface area contributed by atoms with E-state index in [1.807, 2.05) is 0 Å². The largest absolute Gasteiger partial charge is 0.311 e. The highest BCUT2D eigenvalue weighted by atomic mass is 35.5. The Labute approximate surface area is 92.7 Å². The van der Waals surface area contributed by atoms with Gasteiger partial charge < -0.3 is 4.98 Å². The number of H-pyrrole nitrogens is 1. The summed E-state index contributed by atoms with van der Waals surface area (Å²) in [6.07, 6.45) is 1.40. The fraction of sp³-hybridized carbons (Fsp3) is 0.500. The number of aromatic amines is 1. The van der Waals surface area contributed by atoms with Gasteiger partial charge in [-0.2, -0.15) is 0 Å². The van der Waals surface area contributed by atoms with Crippen LogP contribution in [0, 0.1) is 13.8 Å². The van der Waals surface area contributed by atoms with E-state index in [4.69, 9.17) is 11.6 Å². The molecular weight excluding hydrogens is 216 g/mol. The van der Waals surface area contributed by atoms with Crippen LogP contribution >= 0.6 is 11.6 Å². The summed E-state index contributed by atoms with van der Waals surface area (Å²) in [7, 11) is 0. The summed E-state index contributed by atoms with van der Waals surface area (Å²) >= 11 is 5.21. The Morgan fingerprint density at radius 1 is 1.47 bits per heavy atom. The SMILES string of the molecule is Cc1nc(C)c(CCCC(=O)Cl)c(=O)[nH]1. The first-order chi connectivity index (χ1) is 7.00. The zero-order chi connectivity index (χ0) is 11.4. The van der Waals surface area contributed by atoms with Crippen LogP contribution in [0.3, 0.4) is 0 Å². The zero-order valence-electron chi connectivity index (χ0n) is 8.76. The highest BCUT2D eigenvalue weighted by molar-refractivity contribution is 6.63. The molecule has 15 heavy (non-hydrogen) atoms. The Morgan fingerprint density at radius 2 is 2.13 bits per heavy atom. The van der Waals surface area contributed by atoms with E-state index < -0.39 is 0 Å². The lowest BCUT2D eigenvalue weighted by molar-refractivity contribution is -0.111. The van der Waals surface area contributed by atoms with Gasteiger partial charge in [0.25, 0.3) is 5.56 Å². The molecule has 0 unspecified atom stereocenters. The summed E-state index contributed by atoms with van der Waals surface area (Å²) in [4.78, 5) is 28.8. The molecule has 0 fully saturated rings. The minimum atomic E-state index is -0.371. The normalized spacial score (nSPS) is 10.3. The summed E-state index contributed by atoms with van der Waals surface area (Å²) in [5.41, 5.74) is 1.24. The van der Waals surface area contributed by atoms with E-state index in [9.17, 15) is 9.59 Å². The molecule has 0 saturated carbocycles. The van der Waals surface area contributed by atoms with Crippen molar-refractivity contribution in [3.63, 3.8) is 0 Å². The smallest absolute Gasteiger partial charge is 0.254 e. The van der Waals surface area contributed by atoms with Gasteiger partial charge in [0.05, 0.1) is 0 Å².